The van der Waals surface area contributed by atoms with E-state index in [2.05, 4.69) is 6.58 Å². The Labute approximate surface area is 70.7 Å². The second-order valence-electron chi connectivity index (χ2n) is 3.02. The molecule has 2 aliphatic rings. The molecule has 0 unspecified atom stereocenters. The number of ether oxygens (including phenoxy) is 1. The summed E-state index contributed by atoms with van der Waals surface area (Å²) in [5.74, 6) is 0.0526. The Morgan fingerprint density at radius 1 is 1.67 bits per heavy atom. The summed E-state index contributed by atoms with van der Waals surface area (Å²) in [5, 5.41) is 1.65. The maximum absolute atomic E-state index is 11.2. The van der Waals surface area contributed by atoms with E-state index >= 15 is 0 Å². The van der Waals surface area contributed by atoms with Crippen LogP contribution >= 0.6 is 0 Å². The quantitative estimate of drug-likeness (QED) is 0.429. The van der Waals surface area contributed by atoms with Crippen molar-refractivity contribution in [3.8, 4) is 0 Å². The van der Waals surface area contributed by atoms with Crippen molar-refractivity contribution in [2.45, 2.75) is 6.04 Å². The van der Waals surface area contributed by atoms with Gasteiger partial charge in [-0.15, -0.1) is 6.58 Å². The summed E-state index contributed by atoms with van der Waals surface area (Å²) in [6.45, 7) is 5.25. The second kappa shape index (κ2) is 2.88. The van der Waals surface area contributed by atoms with Crippen molar-refractivity contribution >= 4 is 5.97 Å². The first kappa shape index (κ1) is 7.76. The molecule has 2 fully saturated rings. The third kappa shape index (κ3) is 1.04. The predicted molar refractivity (Wildman–Crippen MR) is 41.1 cm³/mol. The fourth-order valence-electron chi connectivity index (χ4n) is 1.62. The van der Waals surface area contributed by atoms with Crippen molar-refractivity contribution in [1.82, 2.24) is 5.06 Å². The lowest BCUT2D eigenvalue weighted by molar-refractivity contribution is -0.164. The van der Waals surface area contributed by atoms with E-state index in [1.165, 1.54) is 0 Å². The van der Waals surface area contributed by atoms with Crippen molar-refractivity contribution in [3.63, 3.8) is 0 Å². The third-order valence-electron chi connectivity index (χ3n) is 2.20. The molecule has 66 valence electrons. The molecule has 2 rings (SSSR count). The molecule has 4 nitrogen and oxygen atoms in total. The van der Waals surface area contributed by atoms with Crippen LogP contribution in [0, 0.1) is 5.92 Å². The van der Waals surface area contributed by atoms with Crippen LogP contribution in [0.4, 0.5) is 0 Å². The number of hydrogen-bond acceptors (Lipinski definition) is 4. The summed E-state index contributed by atoms with van der Waals surface area (Å²) in [4.78, 5) is 16.5. The average Bonchev–Trinajstić information content (AvgIpc) is 2.58. The monoisotopic (exact) mass is 169 g/mol. The van der Waals surface area contributed by atoms with Gasteiger partial charge in [0.15, 0.2) is 0 Å². The van der Waals surface area contributed by atoms with Crippen LogP contribution in [0.25, 0.3) is 0 Å². The first-order valence-electron chi connectivity index (χ1n) is 4.00. The summed E-state index contributed by atoms with van der Waals surface area (Å²) >= 11 is 0. The van der Waals surface area contributed by atoms with Crippen LogP contribution in [-0.4, -0.2) is 36.8 Å². The number of hydroxylamine groups is 2. The molecule has 0 N–H and O–H groups in total. The summed E-state index contributed by atoms with van der Waals surface area (Å²) in [7, 11) is 0. The van der Waals surface area contributed by atoms with Gasteiger partial charge in [0.1, 0.15) is 6.04 Å². The SMILES string of the molecule is C=CCN1OC[C@@H]2COC(=O)[C@@H]21. The van der Waals surface area contributed by atoms with Crippen LogP contribution in [0.15, 0.2) is 12.7 Å². The molecule has 0 aromatic rings. The lowest BCUT2D eigenvalue weighted by Crippen LogP contribution is -2.35. The zero-order valence-corrected chi connectivity index (χ0v) is 6.73. The highest BCUT2D eigenvalue weighted by molar-refractivity contribution is 5.78. The molecule has 0 aliphatic carbocycles. The number of fused-ring (bicyclic) bond motifs is 1. The van der Waals surface area contributed by atoms with E-state index < -0.39 is 0 Å². The van der Waals surface area contributed by atoms with E-state index in [4.69, 9.17) is 9.57 Å². The largest absolute Gasteiger partial charge is 0.464 e. The van der Waals surface area contributed by atoms with Gasteiger partial charge in [-0.05, 0) is 0 Å². The second-order valence-corrected chi connectivity index (χ2v) is 3.02. The predicted octanol–water partition coefficient (Wildman–Crippen LogP) is -0.0388. The Kier molecular flexibility index (Phi) is 1.86. The molecule has 2 saturated heterocycles. The van der Waals surface area contributed by atoms with Gasteiger partial charge in [0.2, 0.25) is 0 Å². The highest BCUT2D eigenvalue weighted by atomic mass is 16.7. The maximum atomic E-state index is 11.2. The van der Waals surface area contributed by atoms with Gasteiger partial charge >= 0.3 is 5.97 Å². The van der Waals surface area contributed by atoms with Crippen molar-refractivity contribution in [3.05, 3.63) is 12.7 Å². The Morgan fingerprint density at radius 3 is 3.25 bits per heavy atom. The maximum Gasteiger partial charge on any atom is 0.326 e. The van der Waals surface area contributed by atoms with Crippen molar-refractivity contribution < 1.29 is 14.4 Å². The number of esters is 1. The molecule has 0 bridgehead atoms. The minimum Gasteiger partial charge on any atom is -0.464 e. The van der Waals surface area contributed by atoms with Gasteiger partial charge in [0.05, 0.1) is 13.2 Å². The van der Waals surface area contributed by atoms with E-state index in [0.29, 0.717) is 19.8 Å². The van der Waals surface area contributed by atoms with Gasteiger partial charge in [-0.3, -0.25) is 9.63 Å². The van der Waals surface area contributed by atoms with Crippen molar-refractivity contribution in [2.24, 2.45) is 5.92 Å². The molecule has 2 heterocycles. The van der Waals surface area contributed by atoms with Crippen LogP contribution in [0.3, 0.4) is 0 Å². The lowest BCUT2D eigenvalue weighted by atomic mass is 10.1. The number of hydrogen-bond donors (Lipinski definition) is 0. The summed E-state index contributed by atoms with van der Waals surface area (Å²) < 4.78 is 4.90. The molecule has 0 spiro atoms. The van der Waals surface area contributed by atoms with Gasteiger partial charge in [0, 0.05) is 12.5 Å². The fraction of sp³-hybridized carbons (Fsp3) is 0.625. The third-order valence-corrected chi connectivity index (χ3v) is 2.20. The van der Waals surface area contributed by atoms with Crippen LogP contribution in [0.5, 0.6) is 0 Å². The molecule has 4 heteroatoms. The van der Waals surface area contributed by atoms with Gasteiger partial charge in [-0.25, -0.2) is 0 Å². The number of carbonyl (C=O) groups is 1. The minimum absolute atomic E-state index is 0.167. The van der Waals surface area contributed by atoms with Gasteiger partial charge in [-0.2, -0.15) is 5.06 Å². The van der Waals surface area contributed by atoms with E-state index in [0.717, 1.165) is 0 Å². The van der Waals surface area contributed by atoms with E-state index in [1.54, 1.807) is 11.1 Å². The van der Waals surface area contributed by atoms with Crippen molar-refractivity contribution in [2.75, 3.05) is 19.8 Å². The first-order chi connectivity index (χ1) is 5.83. The van der Waals surface area contributed by atoms with Crippen molar-refractivity contribution in [1.29, 1.82) is 0 Å². The topological polar surface area (TPSA) is 38.8 Å². The van der Waals surface area contributed by atoms with Crippen LogP contribution in [-0.2, 0) is 14.4 Å². The molecule has 0 radical (unpaired) electrons. The van der Waals surface area contributed by atoms with Crippen LogP contribution in [0.1, 0.15) is 0 Å². The Hall–Kier alpha value is -0.870. The van der Waals surface area contributed by atoms with Gasteiger partial charge in [0.25, 0.3) is 0 Å². The van der Waals surface area contributed by atoms with E-state index in [-0.39, 0.29) is 17.9 Å². The minimum atomic E-state index is -0.192. The Balaban J connectivity index is 2.08. The Bertz CT molecular complexity index is 216. The van der Waals surface area contributed by atoms with E-state index in [1.807, 2.05) is 0 Å². The average molecular weight is 169 g/mol. The standard InChI is InChI=1S/C8H11NO3/c1-2-3-9-7-6(5-12-9)4-11-8(7)10/h2,6-7H,1,3-5H2/t6-,7+/m0/s1. The molecule has 0 aromatic heterocycles. The zero-order valence-electron chi connectivity index (χ0n) is 6.73. The molecule has 2 aliphatic heterocycles. The van der Waals surface area contributed by atoms with Crippen LogP contribution in [0.2, 0.25) is 0 Å². The summed E-state index contributed by atoms with van der Waals surface area (Å²) in [6, 6.07) is -0.192. The zero-order chi connectivity index (χ0) is 8.55. The number of cyclic esters (lactones) is 1. The van der Waals surface area contributed by atoms with E-state index in [9.17, 15) is 4.79 Å². The molecule has 0 saturated carbocycles. The normalized spacial score (nSPS) is 34.8. The molecular weight excluding hydrogens is 158 g/mol. The number of nitrogens with zero attached hydrogens (tertiary/aromatic N) is 1. The number of carbonyl (C=O) groups excluding carboxylic acids is 1. The fourth-order valence-corrected chi connectivity index (χ4v) is 1.62. The summed E-state index contributed by atoms with van der Waals surface area (Å²) in [6.07, 6.45) is 1.72. The molecule has 12 heavy (non-hydrogen) atoms. The summed E-state index contributed by atoms with van der Waals surface area (Å²) in [5.41, 5.74) is 0. The molecule has 0 aromatic carbocycles. The highest BCUT2D eigenvalue weighted by Crippen LogP contribution is 2.27. The Morgan fingerprint density at radius 2 is 2.50 bits per heavy atom. The lowest BCUT2D eigenvalue weighted by Gasteiger charge is -2.15. The highest BCUT2D eigenvalue weighted by Gasteiger charge is 2.46. The van der Waals surface area contributed by atoms with Crippen LogP contribution < -0.4 is 0 Å². The number of rotatable bonds is 2. The smallest absolute Gasteiger partial charge is 0.326 e. The molecular formula is C8H11NO3. The van der Waals surface area contributed by atoms with Gasteiger partial charge in [-0.1, -0.05) is 6.08 Å². The molecule has 2 atom stereocenters. The molecule has 0 amide bonds. The first-order valence-corrected chi connectivity index (χ1v) is 4.00. The van der Waals surface area contributed by atoms with Gasteiger partial charge < -0.3 is 4.74 Å².